The summed E-state index contributed by atoms with van der Waals surface area (Å²) in [7, 11) is 3.14. The van der Waals surface area contributed by atoms with E-state index in [4.69, 9.17) is 14.6 Å². The predicted octanol–water partition coefficient (Wildman–Crippen LogP) is 2.45. The van der Waals surface area contributed by atoms with E-state index in [9.17, 15) is 4.79 Å². The van der Waals surface area contributed by atoms with Gasteiger partial charge in [0.15, 0.2) is 11.5 Å². The molecule has 0 unspecified atom stereocenters. The van der Waals surface area contributed by atoms with Crippen molar-refractivity contribution in [2.75, 3.05) is 14.2 Å². The third-order valence-electron chi connectivity index (χ3n) is 2.53. The van der Waals surface area contributed by atoms with Gasteiger partial charge in [-0.1, -0.05) is 0 Å². The van der Waals surface area contributed by atoms with Crippen LogP contribution in [-0.2, 0) is 11.2 Å². The number of hydrogen-bond acceptors (Lipinski definition) is 5. The van der Waals surface area contributed by atoms with E-state index >= 15 is 0 Å². The second-order valence-electron chi connectivity index (χ2n) is 3.77. The Kier molecular flexibility index (Phi) is 4.01. The molecule has 1 aromatic carbocycles. The molecule has 5 nitrogen and oxygen atoms in total. The summed E-state index contributed by atoms with van der Waals surface area (Å²) in [6.07, 6.45) is -0.0576. The number of ether oxygens (including phenoxy) is 2. The number of nitrogens with zero attached hydrogens (tertiary/aromatic N) is 1. The normalized spacial score (nSPS) is 10.2. The third-order valence-corrected chi connectivity index (χ3v) is 3.38. The SMILES string of the molecule is COc1ccc(-c2csc(CC(=O)O)n2)cc1OC. The molecular formula is C13H13NO4S. The van der Waals surface area contributed by atoms with E-state index in [-0.39, 0.29) is 6.42 Å². The molecule has 1 N–H and O–H groups in total. The molecule has 0 atom stereocenters. The van der Waals surface area contributed by atoms with Crippen molar-refractivity contribution in [2.45, 2.75) is 6.42 Å². The van der Waals surface area contributed by atoms with Gasteiger partial charge in [-0.2, -0.15) is 0 Å². The number of carbonyl (C=O) groups is 1. The van der Waals surface area contributed by atoms with Crippen molar-refractivity contribution in [1.29, 1.82) is 0 Å². The number of carboxylic acids is 1. The Morgan fingerprint density at radius 2 is 2.05 bits per heavy atom. The van der Waals surface area contributed by atoms with E-state index < -0.39 is 5.97 Å². The second-order valence-corrected chi connectivity index (χ2v) is 4.71. The lowest BCUT2D eigenvalue weighted by atomic mass is 10.1. The van der Waals surface area contributed by atoms with Crippen molar-refractivity contribution in [2.24, 2.45) is 0 Å². The predicted molar refractivity (Wildman–Crippen MR) is 72.0 cm³/mol. The number of thiazole rings is 1. The monoisotopic (exact) mass is 279 g/mol. The van der Waals surface area contributed by atoms with Crippen LogP contribution < -0.4 is 9.47 Å². The van der Waals surface area contributed by atoms with E-state index in [0.29, 0.717) is 16.5 Å². The number of hydrogen-bond donors (Lipinski definition) is 1. The Hall–Kier alpha value is -2.08. The third kappa shape index (κ3) is 3.03. The van der Waals surface area contributed by atoms with Crippen LogP contribution >= 0.6 is 11.3 Å². The van der Waals surface area contributed by atoms with Gasteiger partial charge >= 0.3 is 5.97 Å². The summed E-state index contributed by atoms with van der Waals surface area (Å²) in [6, 6.07) is 5.48. The maximum atomic E-state index is 10.6. The fraction of sp³-hybridized carbons (Fsp3) is 0.231. The minimum atomic E-state index is -0.881. The molecular weight excluding hydrogens is 266 g/mol. The number of carboxylic acid groups (broad SMARTS) is 1. The van der Waals surface area contributed by atoms with Gasteiger partial charge in [-0.05, 0) is 18.2 Å². The minimum absolute atomic E-state index is 0.0576. The van der Waals surface area contributed by atoms with Crippen LogP contribution in [-0.4, -0.2) is 30.3 Å². The molecule has 0 bridgehead atoms. The lowest BCUT2D eigenvalue weighted by molar-refractivity contribution is -0.136. The van der Waals surface area contributed by atoms with Crippen LogP contribution in [0.2, 0.25) is 0 Å². The fourth-order valence-electron chi connectivity index (χ4n) is 1.65. The molecule has 6 heteroatoms. The van der Waals surface area contributed by atoms with Crippen LogP contribution in [0.25, 0.3) is 11.3 Å². The molecule has 100 valence electrons. The fourth-order valence-corrected chi connectivity index (χ4v) is 2.44. The van der Waals surface area contributed by atoms with Crippen LogP contribution in [0.4, 0.5) is 0 Å². The largest absolute Gasteiger partial charge is 0.493 e. The first kappa shape index (κ1) is 13.4. The first-order chi connectivity index (χ1) is 9.13. The minimum Gasteiger partial charge on any atom is -0.493 e. The van der Waals surface area contributed by atoms with Crippen LogP contribution in [0.3, 0.4) is 0 Å². The zero-order valence-electron chi connectivity index (χ0n) is 10.5. The van der Waals surface area contributed by atoms with Crippen molar-refractivity contribution in [3.05, 3.63) is 28.6 Å². The molecule has 0 fully saturated rings. The van der Waals surface area contributed by atoms with Crippen molar-refractivity contribution >= 4 is 17.3 Å². The lowest BCUT2D eigenvalue weighted by Gasteiger charge is -2.08. The molecule has 0 spiro atoms. The Morgan fingerprint density at radius 3 is 2.68 bits per heavy atom. The Balaban J connectivity index is 2.31. The quantitative estimate of drug-likeness (QED) is 0.910. The Morgan fingerprint density at radius 1 is 1.32 bits per heavy atom. The van der Waals surface area contributed by atoms with Gasteiger partial charge in [-0.3, -0.25) is 4.79 Å². The van der Waals surface area contributed by atoms with E-state index in [0.717, 1.165) is 11.3 Å². The highest BCUT2D eigenvalue weighted by molar-refractivity contribution is 7.10. The summed E-state index contributed by atoms with van der Waals surface area (Å²) in [5.41, 5.74) is 1.60. The number of benzene rings is 1. The average molecular weight is 279 g/mol. The highest BCUT2D eigenvalue weighted by Gasteiger charge is 2.10. The van der Waals surface area contributed by atoms with E-state index in [1.165, 1.54) is 11.3 Å². The van der Waals surface area contributed by atoms with Gasteiger partial charge in [0.1, 0.15) is 5.01 Å². The van der Waals surface area contributed by atoms with Gasteiger partial charge in [0.05, 0.1) is 26.3 Å². The molecule has 1 heterocycles. The Bertz CT molecular complexity index is 594. The average Bonchev–Trinajstić information content (AvgIpc) is 2.85. The molecule has 2 rings (SSSR count). The van der Waals surface area contributed by atoms with Crippen molar-refractivity contribution < 1.29 is 19.4 Å². The van der Waals surface area contributed by atoms with E-state index in [1.807, 2.05) is 17.5 Å². The smallest absolute Gasteiger partial charge is 0.310 e. The molecule has 0 aliphatic rings. The van der Waals surface area contributed by atoms with Crippen LogP contribution in [0.1, 0.15) is 5.01 Å². The van der Waals surface area contributed by atoms with Crippen LogP contribution in [0.5, 0.6) is 11.5 Å². The first-order valence-electron chi connectivity index (χ1n) is 5.52. The van der Waals surface area contributed by atoms with Crippen LogP contribution in [0.15, 0.2) is 23.6 Å². The van der Waals surface area contributed by atoms with Crippen LogP contribution in [0, 0.1) is 0 Å². The standard InChI is InChI=1S/C13H13NO4S/c1-17-10-4-3-8(5-11(10)18-2)9-7-19-12(14-9)6-13(15)16/h3-5,7H,6H2,1-2H3,(H,15,16). The van der Waals surface area contributed by atoms with Gasteiger partial charge in [0.2, 0.25) is 0 Å². The van der Waals surface area contributed by atoms with Gasteiger partial charge < -0.3 is 14.6 Å². The van der Waals surface area contributed by atoms with Gasteiger partial charge in [-0.15, -0.1) is 11.3 Å². The van der Waals surface area contributed by atoms with Gasteiger partial charge in [0, 0.05) is 10.9 Å². The highest BCUT2D eigenvalue weighted by atomic mass is 32.1. The molecule has 0 amide bonds. The maximum absolute atomic E-state index is 10.6. The van der Waals surface area contributed by atoms with E-state index in [1.54, 1.807) is 20.3 Å². The number of rotatable bonds is 5. The number of aromatic nitrogens is 1. The van der Waals surface area contributed by atoms with Crippen molar-refractivity contribution in [3.8, 4) is 22.8 Å². The summed E-state index contributed by atoms with van der Waals surface area (Å²) in [5, 5.41) is 11.1. The van der Waals surface area contributed by atoms with Gasteiger partial charge in [-0.25, -0.2) is 4.98 Å². The van der Waals surface area contributed by atoms with Crippen molar-refractivity contribution in [3.63, 3.8) is 0 Å². The zero-order chi connectivity index (χ0) is 13.8. The molecule has 0 aliphatic heterocycles. The molecule has 19 heavy (non-hydrogen) atoms. The zero-order valence-corrected chi connectivity index (χ0v) is 11.4. The Labute approximate surface area is 114 Å². The molecule has 0 radical (unpaired) electrons. The summed E-state index contributed by atoms with van der Waals surface area (Å²) in [6.45, 7) is 0. The highest BCUT2D eigenvalue weighted by Crippen LogP contribution is 2.32. The molecule has 1 aromatic heterocycles. The van der Waals surface area contributed by atoms with Gasteiger partial charge in [0.25, 0.3) is 0 Å². The van der Waals surface area contributed by atoms with Crippen molar-refractivity contribution in [1.82, 2.24) is 4.98 Å². The summed E-state index contributed by atoms with van der Waals surface area (Å²) >= 11 is 1.33. The number of aliphatic carboxylic acids is 1. The molecule has 0 saturated carbocycles. The topological polar surface area (TPSA) is 68.7 Å². The molecule has 0 aliphatic carbocycles. The first-order valence-corrected chi connectivity index (χ1v) is 6.40. The summed E-state index contributed by atoms with van der Waals surface area (Å²) in [4.78, 5) is 14.9. The lowest BCUT2D eigenvalue weighted by Crippen LogP contribution is -1.99. The molecule has 0 saturated heterocycles. The summed E-state index contributed by atoms with van der Waals surface area (Å²) < 4.78 is 10.4. The second kappa shape index (κ2) is 5.71. The number of methoxy groups -OCH3 is 2. The molecule has 2 aromatic rings. The van der Waals surface area contributed by atoms with E-state index in [2.05, 4.69) is 4.98 Å². The maximum Gasteiger partial charge on any atom is 0.310 e. The summed E-state index contributed by atoms with van der Waals surface area (Å²) in [5.74, 6) is 0.383.